The highest BCUT2D eigenvalue weighted by Gasteiger charge is 2.15. The van der Waals surface area contributed by atoms with Crippen LogP contribution in [0, 0.1) is 5.92 Å². The summed E-state index contributed by atoms with van der Waals surface area (Å²) in [6.07, 6.45) is 3.93. The van der Waals surface area contributed by atoms with Gasteiger partial charge in [0.2, 0.25) is 0 Å². The molecule has 0 bridgehead atoms. The molecule has 1 aliphatic rings. The zero-order chi connectivity index (χ0) is 18.9. The summed E-state index contributed by atoms with van der Waals surface area (Å²) in [5, 5.41) is 3.59. The maximum Gasteiger partial charge on any atom is 0.161 e. The third-order valence-corrected chi connectivity index (χ3v) is 5.36. The Morgan fingerprint density at radius 1 is 1.00 bits per heavy atom. The molecule has 2 aromatic rings. The van der Waals surface area contributed by atoms with Crippen molar-refractivity contribution in [2.24, 2.45) is 5.92 Å². The van der Waals surface area contributed by atoms with Crippen molar-refractivity contribution in [1.29, 1.82) is 0 Å². The molecule has 4 heteroatoms. The molecule has 1 aliphatic heterocycles. The Balaban J connectivity index is 1.47. The van der Waals surface area contributed by atoms with Crippen LogP contribution < -0.4 is 14.8 Å². The highest BCUT2D eigenvalue weighted by Crippen LogP contribution is 2.29. The van der Waals surface area contributed by atoms with Crippen LogP contribution >= 0.6 is 0 Å². The van der Waals surface area contributed by atoms with Crippen LogP contribution in [0.5, 0.6) is 11.5 Å². The second kappa shape index (κ2) is 10.3. The fourth-order valence-electron chi connectivity index (χ4n) is 3.57. The van der Waals surface area contributed by atoms with Crippen LogP contribution in [0.4, 0.5) is 0 Å². The molecule has 0 radical (unpaired) electrons. The van der Waals surface area contributed by atoms with Gasteiger partial charge in [0.15, 0.2) is 11.5 Å². The van der Waals surface area contributed by atoms with Crippen LogP contribution in [-0.2, 0) is 13.2 Å². The van der Waals surface area contributed by atoms with Crippen molar-refractivity contribution < 1.29 is 9.47 Å². The molecular weight excluding hydrogens is 336 g/mol. The van der Waals surface area contributed by atoms with E-state index in [9.17, 15) is 0 Å². The highest BCUT2D eigenvalue weighted by molar-refractivity contribution is 5.43. The number of rotatable bonds is 9. The van der Waals surface area contributed by atoms with E-state index in [1.54, 1.807) is 7.11 Å². The van der Waals surface area contributed by atoms with Crippen molar-refractivity contribution in [2.45, 2.75) is 32.4 Å². The molecule has 1 heterocycles. The smallest absolute Gasteiger partial charge is 0.161 e. The summed E-state index contributed by atoms with van der Waals surface area (Å²) in [7, 11) is 3.90. The average molecular weight is 369 g/mol. The van der Waals surface area contributed by atoms with Gasteiger partial charge in [-0.3, -0.25) is 0 Å². The first-order valence-electron chi connectivity index (χ1n) is 9.97. The predicted octanol–water partition coefficient (Wildman–Crippen LogP) is 4.10. The van der Waals surface area contributed by atoms with E-state index < -0.39 is 0 Å². The molecule has 0 saturated carbocycles. The van der Waals surface area contributed by atoms with Crippen LogP contribution in [0.25, 0.3) is 0 Å². The van der Waals surface area contributed by atoms with E-state index in [0.29, 0.717) is 6.61 Å². The van der Waals surface area contributed by atoms with E-state index in [0.717, 1.165) is 36.1 Å². The molecule has 3 rings (SSSR count). The molecule has 4 nitrogen and oxygen atoms in total. The Kier molecular flexibility index (Phi) is 7.55. The quantitative estimate of drug-likeness (QED) is 0.676. The molecule has 0 atom stereocenters. The lowest BCUT2D eigenvalue weighted by Gasteiger charge is -2.28. The minimum atomic E-state index is 0.546. The number of benzene rings is 2. The van der Waals surface area contributed by atoms with E-state index in [1.165, 1.54) is 37.9 Å². The minimum Gasteiger partial charge on any atom is -0.493 e. The lowest BCUT2D eigenvalue weighted by molar-refractivity contribution is 0.211. The largest absolute Gasteiger partial charge is 0.493 e. The first-order chi connectivity index (χ1) is 13.2. The summed E-state index contributed by atoms with van der Waals surface area (Å²) in [5.41, 5.74) is 2.38. The van der Waals surface area contributed by atoms with Gasteiger partial charge in [-0.15, -0.1) is 0 Å². The number of ether oxygens (including phenoxy) is 2. The molecule has 1 saturated heterocycles. The SMILES string of the molecule is COc1ccc(CNCCC2CCN(C)CC2)cc1OCc1ccccc1. The van der Waals surface area contributed by atoms with E-state index >= 15 is 0 Å². The molecule has 2 aromatic carbocycles. The summed E-state index contributed by atoms with van der Waals surface area (Å²) < 4.78 is 11.5. The monoisotopic (exact) mass is 368 g/mol. The molecule has 27 heavy (non-hydrogen) atoms. The average Bonchev–Trinajstić information content (AvgIpc) is 2.72. The molecular formula is C23H32N2O2. The maximum absolute atomic E-state index is 6.01. The van der Waals surface area contributed by atoms with Gasteiger partial charge in [-0.25, -0.2) is 0 Å². The molecule has 1 fully saturated rings. The van der Waals surface area contributed by atoms with Crippen LogP contribution in [-0.4, -0.2) is 38.7 Å². The number of methoxy groups -OCH3 is 1. The van der Waals surface area contributed by atoms with E-state index in [1.807, 2.05) is 24.3 Å². The Hall–Kier alpha value is -2.04. The Bertz CT molecular complexity index is 682. The number of nitrogens with zero attached hydrogens (tertiary/aromatic N) is 1. The molecule has 1 N–H and O–H groups in total. The van der Waals surface area contributed by atoms with E-state index in [4.69, 9.17) is 9.47 Å². The lowest BCUT2D eigenvalue weighted by Crippen LogP contribution is -2.31. The van der Waals surface area contributed by atoms with E-state index in [-0.39, 0.29) is 0 Å². The third-order valence-electron chi connectivity index (χ3n) is 5.36. The van der Waals surface area contributed by atoms with Gasteiger partial charge in [0, 0.05) is 6.54 Å². The topological polar surface area (TPSA) is 33.7 Å². The molecule has 0 spiro atoms. The van der Waals surface area contributed by atoms with Crippen LogP contribution in [0.15, 0.2) is 48.5 Å². The van der Waals surface area contributed by atoms with Crippen molar-refractivity contribution in [3.05, 3.63) is 59.7 Å². The third kappa shape index (κ3) is 6.26. The van der Waals surface area contributed by atoms with Crippen LogP contribution in [0.2, 0.25) is 0 Å². The molecule has 0 unspecified atom stereocenters. The standard InChI is InChI=1S/C23H32N2O2/c1-25-14-11-19(12-15-25)10-13-24-17-21-8-9-22(26-2)23(16-21)27-18-20-6-4-3-5-7-20/h3-9,16,19,24H,10-15,17-18H2,1-2H3. The van der Waals surface area contributed by atoms with E-state index in [2.05, 4.69) is 41.5 Å². The molecule has 0 aromatic heterocycles. The Labute approximate surface area is 163 Å². The number of hydrogen-bond acceptors (Lipinski definition) is 4. The summed E-state index contributed by atoms with van der Waals surface area (Å²) >= 11 is 0. The zero-order valence-electron chi connectivity index (χ0n) is 16.6. The zero-order valence-corrected chi connectivity index (χ0v) is 16.6. The first kappa shape index (κ1) is 19.7. The maximum atomic E-state index is 6.01. The van der Waals surface area contributed by atoms with Crippen molar-refractivity contribution in [2.75, 3.05) is 33.8 Å². The second-order valence-corrected chi connectivity index (χ2v) is 7.47. The van der Waals surface area contributed by atoms with Gasteiger partial charge in [-0.2, -0.15) is 0 Å². The van der Waals surface area contributed by atoms with Crippen LogP contribution in [0.1, 0.15) is 30.4 Å². The lowest BCUT2D eigenvalue weighted by atomic mass is 9.94. The predicted molar refractivity (Wildman–Crippen MR) is 110 cm³/mol. The number of piperidine rings is 1. The minimum absolute atomic E-state index is 0.546. The van der Waals surface area contributed by atoms with Crippen molar-refractivity contribution in [1.82, 2.24) is 10.2 Å². The fourth-order valence-corrected chi connectivity index (χ4v) is 3.57. The van der Waals surface area contributed by atoms with Gasteiger partial charge in [0.1, 0.15) is 6.61 Å². The number of hydrogen-bond donors (Lipinski definition) is 1. The van der Waals surface area contributed by atoms with Crippen molar-refractivity contribution in [3.63, 3.8) is 0 Å². The van der Waals surface area contributed by atoms with Gasteiger partial charge < -0.3 is 19.7 Å². The molecule has 0 amide bonds. The normalized spacial score (nSPS) is 15.6. The summed E-state index contributed by atoms with van der Waals surface area (Å²) in [6.45, 7) is 4.96. The summed E-state index contributed by atoms with van der Waals surface area (Å²) in [5.74, 6) is 2.45. The Morgan fingerprint density at radius 3 is 2.52 bits per heavy atom. The fraction of sp³-hybridized carbons (Fsp3) is 0.478. The highest BCUT2D eigenvalue weighted by atomic mass is 16.5. The van der Waals surface area contributed by atoms with Gasteiger partial charge in [-0.1, -0.05) is 36.4 Å². The summed E-state index contributed by atoms with van der Waals surface area (Å²) in [4.78, 5) is 2.43. The molecule has 146 valence electrons. The first-order valence-corrected chi connectivity index (χ1v) is 9.97. The summed E-state index contributed by atoms with van der Waals surface area (Å²) in [6, 6.07) is 16.4. The number of likely N-dealkylation sites (tertiary alicyclic amines) is 1. The van der Waals surface area contributed by atoms with Crippen LogP contribution in [0.3, 0.4) is 0 Å². The van der Waals surface area contributed by atoms with Crippen molar-refractivity contribution >= 4 is 0 Å². The van der Waals surface area contributed by atoms with Crippen molar-refractivity contribution in [3.8, 4) is 11.5 Å². The van der Waals surface area contributed by atoms with Gasteiger partial charge in [-0.05, 0) is 75.1 Å². The second-order valence-electron chi connectivity index (χ2n) is 7.47. The van der Waals surface area contributed by atoms with Gasteiger partial charge in [0.05, 0.1) is 7.11 Å². The van der Waals surface area contributed by atoms with Gasteiger partial charge >= 0.3 is 0 Å². The van der Waals surface area contributed by atoms with Gasteiger partial charge in [0.25, 0.3) is 0 Å². The Morgan fingerprint density at radius 2 is 1.78 bits per heavy atom. The molecule has 0 aliphatic carbocycles. The number of nitrogens with one attached hydrogen (secondary N) is 1.